The second kappa shape index (κ2) is 18.0. The maximum Gasteiger partial charge on any atom is 0.263 e. The number of ether oxygens (including phenoxy) is 1. The van der Waals surface area contributed by atoms with Crippen LogP contribution in [0.5, 0.6) is 5.75 Å². The summed E-state index contributed by atoms with van der Waals surface area (Å²) in [6.45, 7) is 4.40. The van der Waals surface area contributed by atoms with Gasteiger partial charge in [-0.1, -0.05) is 37.5 Å². The number of aromatic nitrogens is 1. The minimum atomic E-state index is -1.57. The molecule has 2 atom stereocenters. The van der Waals surface area contributed by atoms with E-state index in [0.717, 1.165) is 84.3 Å². The predicted molar refractivity (Wildman–Crippen MR) is 231 cm³/mol. The molecule has 1 aliphatic carbocycles. The van der Waals surface area contributed by atoms with Crippen molar-refractivity contribution in [2.75, 3.05) is 61.1 Å². The van der Waals surface area contributed by atoms with Crippen molar-refractivity contribution in [1.82, 2.24) is 18.9 Å². The summed E-state index contributed by atoms with van der Waals surface area (Å²) < 4.78 is 38.0. The normalized spacial score (nSPS) is 21.4. The summed E-state index contributed by atoms with van der Waals surface area (Å²) in [6.07, 6.45) is 12.9. The summed E-state index contributed by atoms with van der Waals surface area (Å²) in [5.74, 6) is 0.781. The molecule has 12 nitrogen and oxygen atoms in total. The molecule has 0 radical (unpaired) electrons. The van der Waals surface area contributed by atoms with Crippen LogP contribution in [0.4, 0.5) is 11.4 Å². The Morgan fingerprint density at radius 1 is 0.862 bits per heavy atom. The van der Waals surface area contributed by atoms with Crippen LogP contribution in [0.15, 0.2) is 72.8 Å². The third-order valence-corrected chi connectivity index (χ3v) is 13.8. The molecule has 2 N–H and O–H groups in total. The zero-order valence-corrected chi connectivity index (χ0v) is 34.7. The first-order valence-electron chi connectivity index (χ1n) is 20.5. The number of hydrogen-bond acceptors (Lipinski definition) is 7. The maximum absolute atomic E-state index is 13.6. The van der Waals surface area contributed by atoms with E-state index in [0.29, 0.717) is 62.9 Å². The summed E-state index contributed by atoms with van der Waals surface area (Å²) in [7, 11) is -2.58. The first-order chi connectivity index (χ1) is 28.2. The Morgan fingerprint density at radius 2 is 1.64 bits per heavy atom. The molecule has 1 saturated carbocycles. The van der Waals surface area contributed by atoms with E-state index in [9.17, 15) is 22.8 Å². The lowest BCUT2D eigenvalue weighted by molar-refractivity contribution is -0.121. The van der Waals surface area contributed by atoms with Crippen LogP contribution >= 0.6 is 0 Å². The van der Waals surface area contributed by atoms with Crippen LogP contribution < -0.4 is 24.6 Å². The summed E-state index contributed by atoms with van der Waals surface area (Å²) in [5, 5.41) is 4.08. The Kier molecular flexibility index (Phi) is 12.4. The van der Waals surface area contributed by atoms with Gasteiger partial charge in [0.2, 0.25) is 11.8 Å². The number of rotatable bonds is 8. The summed E-state index contributed by atoms with van der Waals surface area (Å²) in [4.78, 5) is 43.8. The van der Waals surface area contributed by atoms with Crippen LogP contribution in [-0.2, 0) is 44.7 Å². The highest BCUT2D eigenvalue weighted by Crippen LogP contribution is 2.45. The van der Waals surface area contributed by atoms with Crippen LogP contribution in [0.2, 0.25) is 0 Å². The topological polar surface area (TPSA) is 133 Å². The number of fused-ring (bicyclic) bond motifs is 1. The number of carbonyl (C=O) groups excluding carboxylic acids is 3. The van der Waals surface area contributed by atoms with Gasteiger partial charge in [-0.3, -0.25) is 19.1 Å². The molecule has 1 aromatic heterocycles. The summed E-state index contributed by atoms with van der Waals surface area (Å²) in [6, 6.07) is 19.9. The highest BCUT2D eigenvalue weighted by atomic mass is 32.2. The molecule has 3 amide bonds. The van der Waals surface area contributed by atoms with Crippen molar-refractivity contribution in [2.24, 2.45) is 0 Å². The van der Waals surface area contributed by atoms with E-state index in [1.807, 2.05) is 45.6 Å². The zero-order valence-electron chi connectivity index (χ0n) is 33.1. The number of carbonyl (C=O) groups is 3. The van der Waals surface area contributed by atoms with Gasteiger partial charge in [0.1, 0.15) is 29.9 Å². The third-order valence-electron chi connectivity index (χ3n) is 11.8. The summed E-state index contributed by atoms with van der Waals surface area (Å²) >= 11 is 0. The fourth-order valence-electron chi connectivity index (χ4n) is 8.91. The van der Waals surface area contributed by atoms with Gasteiger partial charge in [-0.05, 0) is 97.3 Å². The largest absolute Gasteiger partial charge is 0.489 e. The van der Waals surface area contributed by atoms with E-state index in [-0.39, 0.29) is 24.1 Å². The van der Waals surface area contributed by atoms with Gasteiger partial charge in [0, 0.05) is 79.8 Å². The van der Waals surface area contributed by atoms with E-state index in [1.165, 1.54) is 12.0 Å². The molecule has 3 aliphatic heterocycles. The number of piperazine rings is 1. The van der Waals surface area contributed by atoms with Crippen molar-refractivity contribution in [1.29, 1.82) is 0 Å². The van der Waals surface area contributed by atoms with Crippen LogP contribution in [0.3, 0.4) is 0 Å². The van der Waals surface area contributed by atoms with Gasteiger partial charge in [-0.2, -0.15) is 0 Å². The Bertz CT molecular complexity index is 2260. The number of anilines is 2. The van der Waals surface area contributed by atoms with Gasteiger partial charge in [0.25, 0.3) is 5.91 Å². The first-order valence-corrected chi connectivity index (χ1v) is 23.3. The van der Waals surface area contributed by atoms with Crippen molar-refractivity contribution in [3.63, 3.8) is 0 Å². The Hall–Kier alpha value is -4.79. The van der Waals surface area contributed by atoms with E-state index < -0.39 is 27.9 Å². The van der Waals surface area contributed by atoms with Gasteiger partial charge in [-0.25, -0.2) is 12.7 Å². The monoisotopic (exact) mass is 824 g/mol. The summed E-state index contributed by atoms with van der Waals surface area (Å²) in [5.41, 5.74) is 7.20. The lowest BCUT2D eigenvalue weighted by Crippen LogP contribution is -2.47. The molecular weight excluding hydrogens is 773 g/mol. The molecular formula is C44H52N6O6S2. The Morgan fingerprint density at radius 3 is 2.38 bits per heavy atom. The van der Waals surface area contributed by atoms with E-state index in [1.54, 1.807) is 18.4 Å². The number of hydrogen-bond donors (Lipinski definition) is 2. The van der Waals surface area contributed by atoms with Crippen molar-refractivity contribution < 1.29 is 27.5 Å². The molecule has 58 heavy (non-hydrogen) atoms. The van der Waals surface area contributed by atoms with Crippen LogP contribution in [-0.4, -0.2) is 86.3 Å². The second-order valence-corrected chi connectivity index (χ2v) is 18.2. The lowest BCUT2D eigenvalue weighted by Gasteiger charge is -2.36. The predicted octanol–water partition coefficient (Wildman–Crippen LogP) is 5.95. The van der Waals surface area contributed by atoms with Gasteiger partial charge < -0.3 is 24.4 Å². The third kappa shape index (κ3) is 8.79. The fraction of sp³-hybridized carbons (Fsp3) is 0.432. The number of benzene rings is 3. The molecule has 2 bridgehead atoms. The molecule has 8 rings (SSSR count). The zero-order chi connectivity index (χ0) is 40.2. The van der Waals surface area contributed by atoms with E-state index in [2.05, 4.69) is 43.8 Å². The fourth-order valence-corrected chi connectivity index (χ4v) is 10.3. The lowest BCUT2D eigenvalue weighted by atomic mass is 9.81. The molecule has 4 aliphatic rings. The Labute approximate surface area is 345 Å². The molecule has 0 spiro atoms. The molecule has 2 saturated heterocycles. The van der Waals surface area contributed by atoms with Gasteiger partial charge in [0.05, 0.1) is 27.9 Å². The van der Waals surface area contributed by atoms with E-state index in [4.69, 9.17) is 4.74 Å². The van der Waals surface area contributed by atoms with Crippen molar-refractivity contribution in [2.45, 2.75) is 70.4 Å². The second-order valence-electron chi connectivity index (χ2n) is 15.6. The van der Waals surface area contributed by atoms with Crippen LogP contribution in [0, 0.1) is 0 Å². The average Bonchev–Trinajstić information content (AvgIpc) is 3.81. The minimum Gasteiger partial charge on any atom is -0.489 e. The highest BCUT2D eigenvalue weighted by molar-refractivity contribution is 7.83. The van der Waals surface area contributed by atoms with Crippen LogP contribution in [0.25, 0.3) is 22.2 Å². The minimum absolute atomic E-state index is 0.0819. The molecule has 2 unspecified atom stereocenters. The molecule has 306 valence electrons. The number of nitrogens with one attached hydrogen (secondary N) is 2. The Balaban J connectivity index is 1.13. The van der Waals surface area contributed by atoms with Crippen molar-refractivity contribution in [3.05, 3.63) is 89.5 Å². The van der Waals surface area contributed by atoms with Gasteiger partial charge in [-0.15, -0.1) is 0 Å². The smallest absolute Gasteiger partial charge is 0.263 e. The van der Waals surface area contributed by atoms with E-state index >= 15 is 0 Å². The molecule has 3 aromatic carbocycles. The molecule has 4 aromatic rings. The molecule has 14 heteroatoms. The highest BCUT2D eigenvalue weighted by Gasteiger charge is 2.29. The van der Waals surface area contributed by atoms with Gasteiger partial charge in [0.15, 0.2) is 0 Å². The average molecular weight is 825 g/mol. The molecule has 4 heterocycles. The number of amides is 3. The van der Waals surface area contributed by atoms with Crippen molar-refractivity contribution >= 4 is 62.0 Å². The number of nitrogens with zero attached hydrogens (tertiary/aromatic N) is 4. The molecule has 3 fully saturated rings. The first kappa shape index (κ1) is 40.0. The van der Waals surface area contributed by atoms with Crippen molar-refractivity contribution in [3.8, 4) is 17.0 Å². The van der Waals surface area contributed by atoms with Gasteiger partial charge >= 0.3 is 0 Å². The quantitative estimate of drug-likeness (QED) is 0.210. The standard InChI is InChI=1S/C44H52N6O6S2/c1-57(54)48-24-22-47(23-25-48)38-19-15-35(49-21-8-11-41(49)52)27-34(38)30-56-36-16-12-32(13-17-36)43-42(31-9-4-2-5-10-31)37-18-14-33-28-39(37)50(43)29-40(51)45-20-6-3-7-26-58(55)46-44(33)53/h3,7,12-19,27-28,31H,2,4-6,8-11,20-26,29-30H2,1H3,(H,45,51)(H,46,53)/b7-3-. The maximum atomic E-state index is 13.6. The SMILES string of the molecule is CS(=O)N1CCN(c2ccc(N3CCCC3=O)cc2COc2ccc(-c3c(C4CCCCC4)c4ccc5cc4n3CC(=O)NCC/C=C\CS(=O)NC5=O)cc2)CC1. The van der Waals surface area contributed by atoms with Crippen LogP contribution in [0.1, 0.15) is 78.8 Å².